The molecule has 2 N–H and O–H groups in total. The Kier molecular flexibility index (Phi) is 3.37. The largest absolute Gasteiger partial charge is 0.375 e. The Morgan fingerprint density at radius 1 is 0.900 bits per heavy atom. The fourth-order valence-corrected chi connectivity index (χ4v) is 0.645. The van der Waals surface area contributed by atoms with Crippen LogP contribution in [0.15, 0.2) is 9.98 Å². The lowest BCUT2D eigenvalue weighted by molar-refractivity contribution is 0.965. The molecule has 0 unspecified atom stereocenters. The van der Waals surface area contributed by atoms with E-state index in [9.17, 15) is 0 Å². The topological polar surface area (TPSA) is 48.8 Å². The Morgan fingerprint density at radius 3 is 1.50 bits per heavy atom. The standard InChI is InChI=1S/2C3H6N2/c2*1-2-5-3-4-1/h2*3H,1-2H2,(H,4,5). The van der Waals surface area contributed by atoms with Gasteiger partial charge in [-0.05, 0) is 0 Å². The van der Waals surface area contributed by atoms with Gasteiger partial charge in [0.1, 0.15) is 0 Å². The average molecular weight is 140 g/mol. The van der Waals surface area contributed by atoms with E-state index in [0.717, 1.165) is 26.2 Å². The summed E-state index contributed by atoms with van der Waals surface area (Å²) in [5.74, 6) is 0. The van der Waals surface area contributed by atoms with E-state index in [4.69, 9.17) is 0 Å². The number of nitrogens with zero attached hydrogens (tertiary/aromatic N) is 2. The molecule has 0 amide bonds. The lowest BCUT2D eigenvalue weighted by Crippen LogP contribution is -2.04. The van der Waals surface area contributed by atoms with Crippen molar-refractivity contribution in [3.05, 3.63) is 0 Å². The van der Waals surface area contributed by atoms with Gasteiger partial charge in [0.2, 0.25) is 0 Å². The molecule has 2 heterocycles. The molecule has 0 spiro atoms. The van der Waals surface area contributed by atoms with E-state index < -0.39 is 0 Å². The van der Waals surface area contributed by atoms with Gasteiger partial charge < -0.3 is 10.6 Å². The number of rotatable bonds is 0. The van der Waals surface area contributed by atoms with Crippen molar-refractivity contribution in [2.24, 2.45) is 9.98 Å². The molecule has 4 nitrogen and oxygen atoms in total. The third-order valence-electron chi connectivity index (χ3n) is 1.14. The maximum atomic E-state index is 3.85. The zero-order chi connectivity index (χ0) is 7.07. The fourth-order valence-electron chi connectivity index (χ4n) is 0.645. The molecule has 2 aliphatic rings. The summed E-state index contributed by atoms with van der Waals surface area (Å²) in [5.41, 5.74) is 0. The summed E-state index contributed by atoms with van der Waals surface area (Å²) in [4.78, 5) is 7.69. The Hall–Kier alpha value is -1.06. The molecule has 10 heavy (non-hydrogen) atoms. The van der Waals surface area contributed by atoms with E-state index in [0.29, 0.717) is 0 Å². The molecule has 0 bridgehead atoms. The summed E-state index contributed by atoms with van der Waals surface area (Å²) >= 11 is 0. The minimum atomic E-state index is 0.958. The van der Waals surface area contributed by atoms with Gasteiger partial charge in [0.05, 0.1) is 25.8 Å². The van der Waals surface area contributed by atoms with Crippen molar-refractivity contribution in [1.29, 1.82) is 0 Å². The minimum absolute atomic E-state index is 0.958. The summed E-state index contributed by atoms with van der Waals surface area (Å²) < 4.78 is 0. The van der Waals surface area contributed by atoms with E-state index in [2.05, 4.69) is 20.6 Å². The quantitative estimate of drug-likeness (QED) is 0.464. The molecule has 4 heteroatoms. The third kappa shape index (κ3) is 3.06. The SMILES string of the molecule is C1=NCCN1.C1=NCCN1. The monoisotopic (exact) mass is 140 g/mol. The van der Waals surface area contributed by atoms with Crippen LogP contribution in [-0.2, 0) is 0 Å². The van der Waals surface area contributed by atoms with Crippen LogP contribution in [0.25, 0.3) is 0 Å². The first-order valence-electron chi connectivity index (χ1n) is 3.43. The molecule has 0 aliphatic carbocycles. The Balaban J connectivity index is 0.0000001000. The summed E-state index contributed by atoms with van der Waals surface area (Å²) in [6.45, 7) is 3.97. The van der Waals surface area contributed by atoms with Gasteiger partial charge in [-0.15, -0.1) is 0 Å². The van der Waals surface area contributed by atoms with E-state index in [1.807, 2.05) is 0 Å². The Morgan fingerprint density at radius 2 is 1.40 bits per heavy atom. The van der Waals surface area contributed by atoms with E-state index in [1.54, 1.807) is 12.7 Å². The molecular weight excluding hydrogens is 128 g/mol. The lowest BCUT2D eigenvalue weighted by atomic mass is 10.7. The second kappa shape index (κ2) is 4.78. The second-order valence-corrected chi connectivity index (χ2v) is 1.98. The van der Waals surface area contributed by atoms with Crippen LogP contribution in [0.3, 0.4) is 0 Å². The predicted octanol–water partition coefficient (Wildman–Crippen LogP) is -0.764. The summed E-state index contributed by atoms with van der Waals surface area (Å²) in [5, 5.41) is 5.86. The number of aliphatic imine (C=N–C) groups is 2. The highest BCUT2D eigenvalue weighted by atomic mass is 15.0. The van der Waals surface area contributed by atoms with Crippen LogP contribution in [0.4, 0.5) is 0 Å². The van der Waals surface area contributed by atoms with Crippen LogP contribution in [0.5, 0.6) is 0 Å². The van der Waals surface area contributed by atoms with Crippen LogP contribution in [-0.4, -0.2) is 38.9 Å². The molecule has 0 saturated heterocycles. The van der Waals surface area contributed by atoms with Crippen LogP contribution in [0, 0.1) is 0 Å². The van der Waals surface area contributed by atoms with Crippen LogP contribution in [0.1, 0.15) is 0 Å². The molecule has 2 rings (SSSR count). The molecule has 0 aromatic carbocycles. The van der Waals surface area contributed by atoms with E-state index in [-0.39, 0.29) is 0 Å². The van der Waals surface area contributed by atoms with Crippen molar-refractivity contribution < 1.29 is 0 Å². The van der Waals surface area contributed by atoms with Gasteiger partial charge in [-0.1, -0.05) is 0 Å². The molecule has 0 fully saturated rings. The first-order valence-corrected chi connectivity index (χ1v) is 3.43. The summed E-state index contributed by atoms with van der Waals surface area (Å²) in [6, 6.07) is 0. The van der Waals surface area contributed by atoms with E-state index >= 15 is 0 Å². The molecular formula is C6H12N4. The highest BCUT2D eigenvalue weighted by molar-refractivity contribution is 5.56. The van der Waals surface area contributed by atoms with Gasteiger partial charge >= 0.3 is 0 Å². The van der Waals surface area contributed by atoms with Crippen LogP contribution in [0.2, 0.25) is 0 Å². The van der Waals surface area contributed by atoms with E-state index in [1.165, 1.54) is 0 Å². The number of hydrogen-bond donors (Lipinski definition) is 2. The molecule has 0 saturated carbocycles. The maximum absolute atomic E-state index is 3.85. The van der Waals surface area contributed by atoms with Crippen molar-refractivity contribution in [2.45, 2.75) is 0 Å². The van der Waals surface area contributed by atoms with Gasteiger partial charge in [-0.2, -0.15) is 0 Å². The number of nitrogens with one attached hydrogen (secondary N) is 2. The summed E-state index contributed by atoms with van der Waals surface area (Å²) in [7, 11) is 0. The van der Waals surface area contributed by atoms with Crippen LogP contribution < -0.4 is 10.6 Å². The van der Waals surface area contributed by atoms with Gasteiger partial charge in [0.15, 0.2) is 0 Å². The highest BCUT2D eigenvalue weighted by Gasteiger charge is 1.82. The van der Waals surface area contributed by atoms with Crippen molar-refractivity contribution in [1.82, 2.24) is 10.6 Å². The maximum Gasteiger partial charge on any atom is 0.0825 e. The first kappa shape index (κ1) is 7.05. The second-order valence-electron chi connectivity index (χ2n) is 1.98. The van der Waals surface area contributed by atoms with Crippen molar-refractivity contribution in [3.8, 4) is 0 Å². The van der Waals surface area contributed by atoms with Gasteiger partial charge in [-0.25, -0.2) is 0 Å². The Bertz CT molecular complexity index is 102. The highest BCUT2D eigenvalue weighted by Crippen LogP contribution is 1.69. The molecule has 0 atom stereocenters. The molecule has 0 aromatic heterocycles. The van der Waals surface area contributed by atoms with Gasteiger partial charge in [0, 0.05) is 13.1 Å². The molecule has 0 aromatic rings. The van der Waals surface area contributed by atoms with Gasteiger partial charge in [-0.3, -0.25) is 9.98 Å². The fraction of sp³-hybridized carbons (Fsp3) is 0.667. The molecule has 0 radical (unpaired) electrons. The smallest absolute Gasteiger partial charge is 0.0825 e. The molecule has 56 valence electrons. The van der Waals surface area contributed by atoms with Crippen LogP contribution >= 0.6 is 0 Å². The predicted molar refractivity (Wildman–Crippen MR) is 42.7 cm³/mol. The van der Waals surface area contributed by atoms with Gasteiger partial charge in [0.25, 0.3) is 0 Å². The molecule has 2 aliphatic heterocycles. The van der Waals surface area contributed by atoms with Crippen molar-refractivity contribution in [3.63, 3.8) is 0 Å². The third-order valence-corrected chi connectivity index (χ3v) is 1.14. The van der Waals surface area contributed by atoms with Crippen molar-refractivity contribution in [2.75, 3.05) is 26.2 Å². The normalized spacial score (nSPS) is 19.2. The number of hydrogen-bond acceptors (Lipinski definition) is 4. The Labute approximate surface area is 60.4 Å². The van der Waals surface area contributed by atoms with Crippen molar-refractivity contribution >= 4 is 12.7 Å². The minimum Gasteiger partial charge on any atom is -0.375 e. The zero-order valence-electron chi connectivity index (χ0n) is 5.88. The zero-order valence-corrected chi connectivity index (χ0v) is 5.88. The lowest BCUT2D eigenvalue weighted by Gasteiger charge is -1.75. The summed E-state index contributed by atoms with van der Waals surface area (Å²) in [6.07, 6.45) is 3.47. The first-order chi connectivity index (χ1) is 5.00. The average Bonchev–Trinajstić information content (AvgIpc) is 2.67.